The molecule has 31 heavy (non-hydrogen) atoms. The van der Waals surface area contributed by atoms with Crippen molar-refractivity contribution in [3.63, 3.8) is 0 Å². The number of fused-ring (bicyclic) bond motifs is 1. The molecular formula is C21H18F3N5OS. The number of amides is 1. The fourth-order valence-corrected chi connectivity index (χ4v) is 3.80. The monoisotopic (exact) mass is 445 g/mol. The summed E-state index contributed by atoms with van der Waals surface area (Å²) < 4.78 is 40.1. The number of rotatable bonds is 5. The SMILES string of the molecule is CC(C)c1ccc(-c2nc(C(=O)NCc3nnc4ccc(C(F)(F)F)cn34)cs2)cc1. The van der Waals surface area contributed by atoms with Gasteiger partial charge < -0.3 is 5.32 Å². The zero-order valence-corrected chi connectivity index (χ0v) is 17.5. The molecule has 0 saturated carbocycles. The van der Waals surface area contributed by atoms with Crippen LogP contribution in [0.2, 0.25) is 0 Å². The summed E-state index contributed by atoms with van der Waals surface area (Å²) in [5, 5.41) is 12.7. The van der Waals surface area contributed by atoms with Crippen molar-refractivity contribution in [2.45, 2.75) is 32.5 Å². The lowest BCUT2D eigenvalue weighted by molar-refractivity contribution is -0.137. The van der Waals surface area contributed by atoms with Gasteiger partial charge in [-0.3, -0.25) is 9.20 Å². The number of benzene rings is 1. The van der Waals surface area contributed by atoms with E-state index >= 15 is 0 Å². The highest BCUT2D eigenvalue weighted by Gasteiger charge is 2.31. The van der Waals surface area contributed by atoms with Gasteiger partial charge in [-0.25, -0.2) is 4.98 Å². The summed E-state index contributed by atoms with van der Waals surface area (Å²) in [6, 6.07) is 10.2. The Balaban J connectivity index is 1.47. The van der Waals surface area contributed by atoms with Crippen LogP contribution in [0, 0.1) is 0 Å². The molecule has 0 unspecified atom stereocenters. The normalized spacial score (nSPS) is 11.9. The Labute approximate surface area is 179 Å². The van der Waals surface area contributed by atoms with Crippen LogP contribution in [0.3, 0.4) is 0 Å². The van der Waals surface area contributed by atoms with Crippen molar-refractivity contribution in [3.8, 4) is 10.6 Å². The molecule has 0 aliphatic rings. The molecule has 0 atom stereocenters. The van der Waals surface area contributed by atoms with E-state index in [0.717, 1.165) is 17.8 Å². The number of alkyl halides is 3. The van der Waals surface area contributed by atoms with Gasteiger partial charge in [0.1, 0.15) is 10.7 Å². The minimum atomic E-state index is -4.48. The van der Waals surface area contributed by atoms with Crippen LogP contribution in [0.25, 0.3) is 16.2 Å². The number of thiazole rings is 1. The molecule has 1 N–H and O–H groups in total. The highest BCUT2D eigenvalue weighted by molar-refractivity contribution is 7.13. The molecule has 3 heterocycles. The van der Waals surface area contributed by atoms with Gasteiger partial charge in [0.2, 0.25) is 0 Å². The molecule has 0 aliphatic carbocycles. The molecule has 0 aliphatic heterocycles. The number of hydrogen-bond donors (Lipinski definition) is 1. The fraction of sp³-hybridized carbons (Fsp3) is 0.238. The van der Waals surface area contributed by atoms with E-state index < -0.39 is 17.6 Å². The summed E-state index contributed by atoms with van der Waals surface area (Å²) in [6.07, 6.45) is -3.57. The van der Waals surface area contributed by atoms with Gasteiger partial charge >= 0.3 is 6.18 Å². The number of aromatic nitrogens is 4. The van der Waals surface area contributed by atoms with Crippen molar-refractivity contribution in [1.29, 1.82) is 0 Å². The molecule has 4 rings (SSSR count). The molecule has 0 radical (unpaired) electrons. The van der Waals surface area contributed by atoms with Crippen LogP contribution in [-0.4, -0.2) is 25.5 Å². The molecule has 10 heteroatoms. The van der Waals surface area contributed by atoms with Gasteiger partial charge in [0.15, 0.2) is 11.5 Å². The van der Waals surface area contributed by atoms with E-state index in [-0.39, 0.29) is 23.7 Å². The Morgan fingerprint density at radius 2 is 1.87 bits per heavy atom. The van der Waals surface area contributed by atoms with Gasteiger partial charge in [0.05, 0.1) is 12.1 Å². The van der Waals surface area contributed by atoms with Crippen LogP contribution in [0.1, 0.15) is 47.2 Å². The quantitative estimate of drug-likeness (QED) is 0.473. The van der Waals surface area contributed by atoms with Crippen LogP contribution in [0.4, 0.5) is 13.2 Å². The average molecular weight is 445 g/mol. The van der Waals surface area contributed by atoms with Crippen molar-refractivity contribution >= 4 is 22.9 Å². The minimum Gasteiger partial charge on any atom is -0.343 e. The molecule has 0 fully saturated rings. The lowest BCUT2D eigenvalue weighted by Gasteiger charge is -2.07. The molecule has 0 spiro atoms. The van der Waals surface area contributed by atoms with Gasteiger partial charge in [-0.05, 0) is 23.6 Å². The van der Waals surface area contributed by atoms with E-state index in [9.17, 15) is 18.0 Å². The Morgan fingerprint density at radius 3 is 2.55 bits per heavy atom. The molecule has 1 aromatic carbocycles. The third kappa shape index (κ3) is 4.43. The van der Waals surface area contributed by atoms with Crippen molar-refractivity contribution in [3.05, 3.63) is 70.6 Å². The Hall–Kier alpha value is -3.27. The molecule has 4 aromatic rings. The minimum absolute atomic E-state index is 0.0861. The average Bonchev–Trinajstić information content (AvgIpc) is 3.38. The molecular weight excluding hydrogens is 427 g/mol. The van der Waals surface area contributed by atoms with Crippen molar-refractivity contribution in [2.24, 2.45) is 0 Å². The van der Waals surface area contributed by atoms with Crippen LogP contribution in [-0.2, 0) is 12.7 Å². The second-order valence-electron chi connectivity index (χ2n) is 7.26. The number of pyridine rings is 1. The molecule has 3 aromatic heterocycles. The van der Waals surface area contributed by atoms with E-state index in [1.807, 2.05) is 24.3 Å². The zero-order valence-electron chi connectivity index (χ0n) is 16.6. The summed E-state index contributed by atoms with van der Waals surface area (Å²) in [5.74, 6) is 0.173. The largest absolute Gasteiger partial charge is 0.417 e. The van der Waals surface area contributed by atoms with Crippen molar-refractivity contribution < 1.29 is 18.0 Å². The zero-order chi connectivity index (χ0) is 22.2. The van der Waals surface area contributed by atoms with Crippen LogP contribution >= 0.6 is 11.3 Å². The standard InChI is InChI=1S/C21H18F3N5OS/c1-12(2)13-3-5-14(6-4-13)20-26-16(11-31-20)19(30)25-9-18-28-27-17-8-7-15(10-29(17)18)21(22,23)24/h3-8,10-12H,9H2,1-2H3,(H,25,30). The first-order valence-electron chi connectivity index (χ1n) is 9.47. The third-order valence-corrected chi connectivity index (χ3v) is 5.66. The highest BCUT2D eigenvalue weighted by atomic mass is 32.1. The van der Waals surface area contributed by atoms with Gasteiger partial charge in [-0.15, -0.1) is 21.5 Å². The third-order valence-electron chi connectivity index (χ3n) is 4.77. The number of nitrogens with zero attached hydrogens (tertiary/aromatic N) is 4. The molecule has 0 bridgehead atoms. The maximum atomic E-state index is 13.0. The first-order chi connectivity index (χ1) is 14.7. The topological polar surface area (TPSA) is 72.2 Å². The van der Waals surface area contributed by atoms with Gasteiger partial charge in [0.25, 0.3) is 5.91 Å². The first kappa shape index (κ1) is 21.0. The summed E-state index contributed by atoms with van der Waals surface area (Å²) in [5.41, 5.74) is 1.81. The van der Waals surface area contributed by atoms with E-state index in [4.69, 9.17) is 0 Å². The van der Waals surface area contributed by atoms with Crippen molar-refractivity contribution in [2.75, 3.05) is 0 Å². The molecule has 160 valence electrons. The Bertz CT molecular complexity index is 1230. The Kier molecular flexibility index (Phi) is 5.48. The van der Waals surface area contributed by atoms with Gasteiger partial charge in [-0.2, -0.15) is 13.2 Å². The molecule has 1 amide bonds. The smallest absolute Gasteiger partial charge is 0.343 e. The lowest BCUT2D eigenvalue weighted by Crippen LogP contribution is -2.24. The molecule has 6 nitrogen and oxygen atoms in total. The lowest BCUT2D eigenvalue weighted by atomic mass is 10.0. The summed E-state index contributed by atoms with van der Waals surface area (Å²) in [4.78, 5) is 16.9. The maximum absolute atomic E-state index is 13.0. The Morgan fingerprint density at radius 1 is 1.13 bits per heavy atom. The predicted molar refractivity (Wildman–Crippen MR) is 111 cm³/mol. The summed E-state index contributed by atoms with van der Waals surface area (Å²) >= 11 is 1.35. The van der Waals surface area contributed by atoms with E-state index in [0.29, 0.717) is 10.9 Å². The summed E-state index contributed by atoms with van der Waals surface area (Å²) in [7, 11) is 0. The number of hydrogen-bond acceptors (Lipinski definition) is 5. The van der Waals surface area contributed by atoms with Crippen LogP contribution < -0.4 is 5.32 Å². The van der Waals surface area contributed by atoms with Crippen LogP contribution in [0.5, 0.6) is 0 Å². The van der Waals surface area contributed by atoms with E-state index in [2.05, 4.69) is 34.3 Å². The second kappa shape index (κ2) is 8.10. The van der Waals surface area contributed by atoms with E-state index in [1.165, 1.54) is 27.4 Å². The van der Waals surface area contributed by atoms with Gasteiger partial charge in [0, 0.05) is 17.1 Å². The maximum Gasteiger partial charge on any atom is 0.417 e. The molecule has 0 saturated heterocycles. The van der Waals surface area contributed by atoms with E-state index in [1.54, 1.807) is 5.38 Å². The number of halogens is 3. The number of carbonyl (C=O) groups excluding carboxylic acids is 1. The second-order valence-corrected chi connectivity index (χ2v) is 8.12. The fourth-order valence-electron chi connectivity index (χ4n) is 3.00. The van der Waals surface area contributed by atoms with Crippen LogP contribution in [0.15, 0.2) is 48.0 Å². The first-order valence-corrected chi connectivity index (χ1v) is 10.4. The highest BCUT2D eigenvalue weighted by Crippen LogP contribution is 2.29. The number of carbonyl (C=O) groups is 1. The predicted octanol–water partition coefficient (Wildman–Crippen LogP) is 4.93. The summed E-state index contributed by atoms with van der Waals surface area (Å²) in [6.45, 7) is 4.14. The van der Waals surface area contributed by atoms with Crippen molar-refractivity contribution in [1.82, 2.24) is 24.9 Å². The van der Waals surface area contributed by atoms with Gasteiger partial charge in [-0.1, -0.05) is 38.1 Å². The number of nitrogens with one attached hydrogen (secondary N) is 1.